The highest BCUT2D eigenvalue weighted by atomic mass is 35.5. The van der Waals surface area contributed by atoms with E-state index in [0.717, 1.165) is 0 Å². The lowest BCUT2D eigenvalue weighted by Crippen LogP contribution is -2.10. The number of nitrogens with zero attached hydrogens (tertiary/aromatic N) is 1. The van der Waals surface area contributed by atoms with E-state index in [2.05, 4.69) is 9.47 Å². The summed E-state index contributed by atoms with van der Waals surface area (Å²) in [4.78, 5) is 20.5. The van der Waals surface area contributed by atoms with Crippen LogP contribution in [0, 0.1) is 15.9 Å². The Morgan fingerprint density at radius 3 is 2.76 bits per heavy atom. The summed E-state index contributed by atoms with van der Waals surface area (Å²) in [6, 6.07) is 1.41. The summed E-state index contributed by atoms with van der Waals surface area (Å²) < 4.78 is 22.1. The molecule has 0 saturated carbocycles. The van der Waals surface area contributed by atoms with Crippen molar-refractivity contribution < 1.29 is 23.6 Å². The molecule has 0 spiro atoms. The normalized spacial score (nSPS) is 9.82. The minimum Gasteiger partial charge on any atom is -0.434 e. The Morgan fingerprint density at radius 2 is 2.24 bits per heavy atom. The zero-order valence-electron chi connectivity index (χ0n) is 8.61. The first-order valence-corrected chi connectivity index (χ1v) is 4.81. The van der Waals surface area contributed by atoms with E-state index in [4.69, 9.17) is 11.6 Å². The molecule has 0 aliphatic rings. The van der Waals surface area contributed by atoms with Gasteiger partial charge < -0.3 is 9.47 Å². The Morgan fingerprint density at radius 1 is 1.59 bits per heavy atom. The largest absolute Gasteiger partial charge is 0.513 e. The fourth-order valence-corrected chi connectivity index (χ4v) is 1.16. The Labute approximate surface area is 100 Å². The molecule has 0 amide bonds. The van der Waals surface area contributed by atoms with E-state index in [9.17, 15) is 19.3 Å². The first kappa shape index (κ1) is 13.2. The molecule has 1 aromatic carbocycles. The van der Waals surface area contributed by atoms with Gasteiger partial charge in [-0.25, -0.2) is 4.79 Å². The van der Waals surface area contributed by atoms with Crippen LogP contribution >= 0.6 is 11.6 Å². The second kappa shape index (κ2) is 5.44. The number of benzene rings is 1. The van der Waals surface area contributed by atoms with E-state index in [-0.39, 0.29) is 17.4 Å². The number of nitro benzene ring substituents is 1. The van der Waals surface area contributed by atoms with Crippen molar-refractivity contribution in [2.24, 2.45) is 0 Å². The second-order valence-corrected chi connectivity index (χ2v) is 3.18. The van der Waals surface area contributed by atoms with Gasteiger partial charge in [-0.05, 0) is 6.92 Å². The van der Waals surface area contributed by atoms with E-state index in [0.29, 0.717) is 12.1 Å². The van der Waals surface area contributed by atoms with E-state index in [1.165, 1.54) is 0 Å². The number of halogens is 2. The van der Waals surface area contributed by atoms with Gasteiger partial charge in [-0.15, -0.1) is 0 Å². The summed E-state index contributed by atoms with van der Waals surface area (Å²) in [5.74, 6) is -1.45. The topological polar surface area (TPSA) is 78.7 Å². The maximum atomic E-state index is 13.1. The summed E-state index contributed by atoms with van der Waals surface area (Å²) >= 11 is 5.56. The van der Waals surface area contributed by atoms with E-state index in [1.807, 2.05) is 0 Å². The molecule has 1 rings (SSSR count). The smallest absolute Gasteiger partial charge is 0.434 e. The van der Waals surface area contributed by atoms with Crippen molar-refractivity contribution in [1.29, 1.82) is 0 Å². The van der Waals surface area contributed by atoms with Crippen LogP contribution in [0.2, 0.25) is 5.02 Å². The number of hydrogen-bond donors (Lipinski definition) is 0. The predicted molar refractivity (Wildman–Crippen MR) is 55.7 cm³/mol. The van der Waals surface area contributed by atoms with Crippen LogP contribution < -0.4 is 4.74 Å². The SMILES string of the molecule is CCOC(=O)Oc1cc([N+](=O)[O-])c(F)cc1Cl. The van der Waals surface area contributed by atoms with Crippen molar-refractivity contribution in [3.8, 4) is 5.75 Å². The quantitative estimate of drug-likeness (QED) is 0.362. The first-order chi connectivity index (χ1) is 7.95. The number of nitro groups is 1. The van der Waals surface area contributed by atoms with Gasteiger partial charge in [0.05, 0.1) is 22.6 Å². The lowest BCUT2D eigenvalue weighted by atomic mass is 10.3. The van der Waals surface area contributed by atoms with E-state index < -0.39 is 22.6 Å². The van der Waals surface area contributed by atoms with Crippen LogP contribution in [0.1, 0.15) is 6.92 Å². The standard InChI is InChI=1S/C9H7ClFNO5/c1-2-16-9(13)17-8-4-7(12(14)15)6(11)3-5(8)10/h3-4H,2H2,1H3. The first-order valence-electron chi connectivity index (χ1n) is 4.43. The van der Waals surface area contributed by atoms with Gasteiger partial charge in [0.2, 0.25) is 5.82 Å². The van der Waals surface area contributed by atoms with Crippen LogP contribution in [0.15, 0.2) is 12.1 Å². The van der Waals surface area contributed by atoms with E-state index >= 15 is 0 Å². The second-order valence-electron chi connectivity index (χ2n) is 2.78. The van der Waals surface area contributed by atoms with Crippen LogP contribution in [0.5, 0.6) is 5.75 Å². The monoisotopic (exact) mass is 263 g/mol. The van der Waals surface area contributed by atoms with Crippen LogP contribution in [0.3, 0.4) is 0 Å². The third-order valence-electron chi connectivity index (χ3n) is 1.65. The molecule has 0 radical (unpaired) electrons. The molecule has 0 N–H and O–H groups in total. The molecule has 0 aliphatic heterocycles. The van der Waals surface area contributed by atoms with Crippen molar-refractivity contribution in [1.82, 2.24) is 0 Å². The number of carbonyl (C=O) groups is 1. The molecule has 0 saturated heterocycles. The Hall–Kier alpha value is -1.89. The molecule has 1 aromatic rings. The third-order valence-corrected chi connectivity index (χ3v) is 1.95. The Bertz CT molecular complexity index is 465. The number of rotatable bonds is 3. The summed E-state index contributed by atoms with van der Waals surface area (Å²) in [5, 5.41) is 10.2. The van der Waals surface area contributed by atoms with Crippen LogP contribution in [-0.4, -0.2) is 17.7 Å². The van der Waals surface area contributed by atoms with Gasteiger partial charge in [-0.2, -0.15) is 4.39 Å². The molecule has 0 aromatic heterocycles. The van der Waals surface area contributed by atoms with Gasteiger partial charge in [0.1, 0.15) is 0 Å². The van der Waals surface area contributed by atoms with Gasteiger partial charge in [0.25, 0.3) is 0 Å². The molecule has 6 nitrogen and oxygen atoms in total. The molecular weight excluding hydrogens is 257 g/mol. The van der Waals surface area contributed by atoms with Gasteiger partial charge in [0.15, 0.2) is 5.75 Å². The van der Waals surface area contributed by atoms with Crippen molar-refractivity contribution in [3.63, 3.8) is 0 Å². The molecule has 0 bridgehead atoms. The summed E-state index contributed by atoms with van der Waals surface area (Å²) in [5.41, 5.74) is -0.839. The predicted octanol–water partition coefficient (Wildman–Crippen LogP) is 2.92. The summed E-state index contributed by atoms with van der Waals surface area (Å²) in [7, 11) is 0. The minimum atomic E-state index is -1.11. The highest BCUT2D eigenvalue weighted by Gasteiger charge is 2.20. The maximum absolute atomic E-state index is 13.1. The minimum absolute atomic E-state index is 0.0692. The summed E-state index contributed by atoms with van der Waals surface area (Å²) in [6.45, 7) is 1.62. The van der Waals surface area contributed by atoms with Gasteiger partial charge in [-0.3, -0.25) is 10.1 Å². The molecule has 0 atom stereocenters. The summed E-state index contributed by atoms with van der Waals surface area (Å²) in [6.07, 6.45) is -1.07. The molecular formula is C9H7ClFNO5. The molecule has 0 heterocycles. The molecule has 0 aliphatic carbocycles. The van der Waals surface area contributed by atoms with Crippen LogP contribution in [-0.2, 0) is 4.74 Å². The number of carbonyl (C=O) groups excluding carboxylic acids is 1. The van der Waals surface area contributed by atoms with Gasteiger partial charge in [-0.1, -0.05) is 11.6 Å². The highest BCUT2D eigenvalue weighted by molar-refractivity contribution is 6.32. The average molecular weight is 264 g/mol. The van der Waals surface area contributed by atoms with Crippen molar-refractivity contribution in [2.75, 3.05) is 6.61 Å². The van der Waals surface area contributed by atoms with Gasteiger partial charge in [0, 0.05) is 6.07 Å². The molecule has 17 heavy (non-hydrogen) atoms. The fourth-order valence-electron chi connectivity index (χ4n) is 0.974. The zero-order valence-corrected chi connectivity index (χ0v) is 9.36. The fraction of sp³-hybridized carbons (Fsp3) is 0.222. The Balaban J connectivity index is 3.03. The number of ether oxygens (including phenoxy) is 2. The highest BCUT2D eigenvalue weighted by Crippen LogP contribution is 2.31. The van der Waals surface area contributed by atoms with Crippen LogP contribution in [0.4, 0.5) is 14.9 Å². The lowest BCUT2D eigenvalue weighted by Gasteiger charge is -2.05. The molecule has 8 heteroatoms. The van der Waals surface area contributed by atoms with E-state index in [1.54, 1.807) is 6.92 Å². The average Bonchev–Trinajstić information content (AvgIpc) is 2.21. The number of hydrogen-bond acceptors (Lipinski definition) is 5. The third kappa shape index (κ3) is 3.28. The molecule has 0 unspecified atom stereocenters. The van der Waals surface area contributed by atoms with Crippen molar-refractivity contribution in [3.05, 3.63) is 33.1 Å². The molecule has 92 valence electrons. The van der Waals surface area contributed by atoms with Crippen molar-refractivity contribution >= 4 is 23.4 Å². The van der Waals surface area contributed by atoms with Gasteiger partial charge >= 0.3 is 11.8 Å². The molecule has 0 fully saturated rings. The van der Waals surface area contributed by atoms with Crippen molar-refractivity contribution in [2.45, 2.75) is 6.92 Å². The Kier molecular flexibility index (Phi) is 4.22. The zero-order chi connectivity index (χ0) is 13.0. The van der Waals surface area contributed by atoms with Crippen LogP contribution in [0.25, 0.3) is 0 Å². The maximum Gasteiger partial charge on any atom is 0.513 e. The lowest BCUT2D eigenvalue weighted by molar-refractivity contribution is -0.387.